The Morgan fingerprint density at radius 3 is 2.52 bits per heavy atom. The Kier molecular flexibility index (Phi) is 5.95. The topological polar surface area (TPSA) is 96.4 Å². The van der Waals surface area contributed by atoms with E-state index in [1.165, 1.54) is 4.90 Å². The summed E-state index contributed by atoms with van der Waals surface area (Å²) in [4.78, 5) is 41.0. The summed E-state index contributed by atoms with van der Waals surface area (Å²) >= 11 is 0. The molecule has 2 saturated heterocycles. The van der Waals surface area contributed by atoms with Gasteiger partial charge < -0.3 is 24.4 Å². The Bertz CT molecular complexity index is 812. The molecule has 0 radical (unpaired) electrons. The number of anilines is 1. The number of hydrogen-bond acceptors (Lipinski definition) is 6. The van der Waals surface area contributed by atoms with Crippen LogP contribution in [0.1, 0.15) is 43.1 Å². The highest BCUT2D eigenvalue weighted by Gasteiger charge is 2.41. The first-order chi connectivity index (χ1) is 13.6. The number of amides is 2. The number of aliphatic hydroxyl groups is 1. The van der Waals surface area contributed by atoms with E-state index in [4.69, 9.17) is 9.47 Å². The number of esters is 1. The van der Waals surface area contributed by atoms with E-state index in [1.807, 2.05) is 6.92 Å². The first-order valence-corrected chi connectivity index (χ1v) is 9.82. The number of benzene rings is 1. The van der Waals surface area contributed by atoms with Crippen LogP contribution >= 0.6 is 0 Å². The van der Waals surface area contributed by atoms with Crippen molar-refractivity contribution in [3.8, 4) is 0 Å². The maximum atomic E-state index is 13.0. The molecule has 2 fully saturated rings. The molecule has 0 saturated carbocycles. The fraction of sp³-hybridized carbons (Fsp3) is 0.571. The second-order valence-electron chi connectivity index (χ2n) is 8.41. The lowest BCUT2D eigenvalue weighted by molar-refractivity contribution is -0.177. The molecule has 2 aliphatic heterocycles. The third-order valence-corrected chi connectivity index (χ3v) is 4.95. The highest BCUT2D eigenvalue weighted by Crippen LogP contribution is 2.27. The molecule has 2 amide bonds. The van der Waals surface area contributed by atoms with Gasteiger partial charge in [0.2, 0.25) is 0 Å². The zero-order chi connectivity index (χ0) is 21.3. The lowest BCUT2D eigenvalue weighted by Crippen LogP contribution is -2.55. The number of ether oxygens (including phenoxy) is 2. The third-order valence-electron chi connectivity index (χ3n) is 4.95. The molecule has 1 N–H and O–H groups in total. The Morgan fingerprint density at radius 1 is 1.24 bits per heavy atom. The fourth-order valence-electron chi connectivity index (χ4n) is 3.29. The quantitative estimate of drug-likeness (QED) is 0.760. The van der Waals surface area contributed by atoms with Crippen LogP contribution in [0.2, 0.25) is 0 Å². The van der Waals surface area contributed by atoms with E-state index in [9.17, 15) is 19.5 Å². The highest BCUT2D eigenvalue weighted by atomic mass is 16.6. The van der Waals surface area contributed by atoms with Crippen LogP contribution < -0.4 is 4.90 Å². The Labute approximate surface area is 170 Å². The lowest BCUT2D eigenvalue weighted by Gasteiger charge is -2.35. The van der Waals surface area contributed by atoms with Gasteiger partial charge in [-0.25, -0.2) is 4.79 Å². The molecule has 0 bridgehead atoms. The summed E-state index contributed by atoms with van der Waals surface area (Å²) in [6, 6.07) is 5.23. The van der Waals surface area contributed by atoms with Crippen molar-refractivity contribution in [2.24, 2.45) is 0 Å². The Balaban J connectivity index is 1.81. The van der Waals surface area contributed by atoms with Gasteiger partial charge in [0.25, 0.3) is 11.8 Å². The number of likely N-dealkylation sites (tertiary alicyclic amines) is 1. The van der Waals surface area contributed by atoms with E-state index >= 15 is 0 Å². The molecule has 29 heavy (non-hydrogen) atoms. The van der Waals surface area contributed by atoms with Crippen LogP contribution in [-0.4, -0.2) is 71.8 Å². The highest BCUT2D eigenvalue weighted by molar-refractivity contribution is 6.02. The first-order valence-electron chi connectivity index (χ1n) is 9.82. The van der Waals surface area contributed by atoms with Crippen LogP contribution in [0.3, 0.4) is 0 Å². The third kappa shape index (κ3) is 4.59. The molecule has 0 aromatic heterocycles. The number of nitrogens with zero attached hydrogens (tertiary/aromatic N) is 2. The van der Waals surface area contributed by atoms with E-state index in [-0.39, 0.29) is 19.1 Å². The van der Waals surface area contributed by atoms with E-state index in [1.54, 1.807) is 43.9 Å². The SMILES string of the molecule is Cc1ccc(C(=O)N2CCC2)cc1N1CCO[C@H]([C@@H](O)C(=O)OC(C)(C)C)C1=O. The summed E-state index contributed by atoms with van der Waals surface area (Å²) in [5.41, 5.74) is 1.10. The van der Waals surface area contributed by atoms with E-state index < -0.39 is 29.7 Å². The Hall–Kier alpha value is -2.45. The molecule has 3 rings (SSSR count). The number of carbonyl (C=O) groups excluding carboxylic acids is 3. The second kappa shape index (κ2) is 8.12. The molecule has 0 spiro atoms. The zero-order valence-electron chi connectivity index (χ0n) is 17.3. The smallest absolute Gasteiger partial charge is 0.338 e. The average molecular weight is 404 g/mol. The van der Waals surface area contributed by atoms with Gasteiger partial charge in [-0.3, -0.25) is 9.59 Å². The standard InChI is InChI=1S/C21H28N2O6/c1-13-6-7-14(18(25)22-8-5-9-22)12-15(13)23-10-11-28-17(19(23)26)16(24)20(27)29-21(2,3)4/h6-7,12,16-17,24H,5,8-11H2,1-4H3/t16-,17-/m1/s1. The molecule has 2 heterocycles. The van der Waals surface area contributed by atoms with Gasteiger partial charge in [0.1, 0.15) is 5.60 Å². The molecule has 8 heteroatoms. The predicted octanol–water partition coefficient (Wildman–Crippen LogP) is 1.28. The normalized spacial score (nSPS) is 20.9. The molecule has 0 aliphatic carbocycles. The van der Waals surface area contributed by atoms with Crippen molar-refractivity contribution in [1.82, 2.24) is 4.90 Å². The number of aliphatic hydroxyl groups excluding tert-OH is 1. The first kappa shape index (κ1) is 21.3. The zero-order valence-corrected chi connectivity index (χ0v) is 17.3. The van der Waals surface area contributed by atoms with Gasteiger partial charge in [-0.15, -0.1) is 0 Å². The van der Waals surface area contributed by atoms with Crippen molar-refractivity contribution in [3.63, 3.8) is 0 Å². The number of carbonyl (C=O) groups is 3. The van der Waals surface area contributed by atoms with Gasteiger partial charge in [-0.2, -0.15) is 0 Å². The molecule has 2 aliphatic rings. The lowest BCUT2D eigenvalue weighted by atomic mass is 10.0. The van der Waals surface area contributed by atoms with Crippen molar-refractivity contribution < 1.29 is 29.0 Å². The Morgan fingerprint density at radius 2 is 1.93 bits per heavy atom. The van der Waals surface area contributed by atoms with Gasteiger partial charge in [0.15, 0.2) is 12.2 Å². The molecule has 2 atom stereocenters. The van der Waals surface area contributed by atoms with Crippen LogP contribution in [0.15, 0.2) is 18.2 Å². The summed E-state index contributed by atoms with van der Waals surface area (Å²) in [6.07, 6.45) is -2.08. The molecular formula is C21H28N2O6. The van der Waals surface area contributed by atoms with Crippen LogP contribution in [-0.2, 0) is 19.1 Å². The number of aryl methyl sites for hydroxylation is 1. The average Bonchev–Trinajstić information content (AvgIpc) is 2.59. The molecular weight excluding hydrogens is 376 g/mol. The minimum Gasteiger partial charge on any atom is -0.458 e. The minimum atomic E-state index is -1.73. The van der Waals surface area contributed by atoms with E-state index in [2.05, 4.69) is 0 Å². The maximum absolute atomic E-state index is 13.0. The molecule has 8 nitrogen and oxygen atoms in total. The van der Waals surface area contributed by atoms with Gasteiger partial charge in [0.05, 0.1) is 6.61 Å². The summed E-state index contributed by atoms with van der Waals surface area (Å²) in [5.74, 6) is -1.51. The maximum Gasteiger partial charge on any atom is 0.338 e. The number of hydrogen-bond donors (Lipinski definition) is 1. The van der Waals surface area contributed by atoms with Gasteiger partial charge >= 0.3 is 5.97 Å². The molecule has 0 unspecified atom stereocenters. The van der Waals surface area contributed by atoms with Crippen molar-refractivity contribution in [3.05, 3.63) is 29.3 Å². The molecule has 1 aromatic carbocycles. The van der Waals surface area contributed by atoms with Crippen LogP contribution in [0, 0.1) is 6.92 Å². The van der Waals surface area contributed by atoms with Gasteiger partial charge in [0, 0.05) is 30.9 Å². The molecule has 158 valence electrons. The summed E-state index contributed by atoms with van der Waals surface area (Å²) in [6.45, 7) is 8.77. The van der Waals surface area contributed by atoms with Crippen molar-refractivity contribution in [2.45, 2.75) is 51.9 Å². The van der Waals surface area contributed by atoms with Crippen LogP contribution in [0.25, 0.3) is 0 Å². The van der Waals surface area contributed by atoms with E-state index in [0.717, 1.165) is 25.1 Å². The van der Waals surface area contributed by atoms with Gasteiger partial charge in [-0.1, -0.05) is 6.07 Å². The summed E-state index contributed by atoms with van der Waals surface area (Å²) in [5, 5.41) is 10.4. The van der Waals surface area contributed by atoms with Crippen LogP contribution in [0.5, 0.6) is 0 Å². The number of morpholine rings is 1. The molecule has 1 aromatic rings. The fourth-order valence-corrected chi connectivity index (χ4v) is 3.29. The van der Waals surface area contributed by atoms with Crippen molar-refractivity contribution in [1.29, 1.82) is 0 Å². The summed E-state index contributed by atoms with van der Waals surface area (Å²) in [7, 11) is 0. The van der Waals surface area contributed by atoms with Gasteiger partial charge in [-0.05, 0) is 51.8 Å². The van der Waals surface area contributed by atoms with Crippen LogP contribution in [0.4, 0.5) is 5.69 Å². The van der Waals surface area contributed by atoms with Crippen molar-refractivity contribution in [2.75, 3.05) is 31.1 Å². The van der Waals surface area contributed by atoms with Crippen molar-refractivity contribution >= 4 is 23.5 Å². The summed E-state index contributed by atoms with van der Waals surface area (Å²) < 4.78 is 10.6. The van der Waals surface area contributed by atoms with E-state index in [0.29, 0.717) is 11.3 Å². The monoisotopic (exact) mass is 404 g/mol. The minimum absolute atomic E-state index is 0.0662. The largest absolute Gasteiger partial charge is 0.458 e. The second-order valence-corrected chi connectivity index (χ2v) is 8.41. The predicted molar refractivity (Wildman–Crippen MR) is 106 cm³/mol. The number of rotatable bonds is 4.